The van der Waals surface area contributed by atoms with Gasteiger partial charge in [0.25, 0.3) is 11.1 Å². The molecule has 1 unspecified atom stereocenters. The van der Waals surface area contributed by atoms with Gasteiger partial charge in [0.1, 0.15) is 22.7 Å². The molecule has 2 aromatic heterocycles. The van der Waals surface area contributed by atoms with Crippen LogP contribution in [0.3, 0.4) is 0 Å². The van der Waals surface area contributed by atoms with E-state index >= 15 is 0 Å². The number of nitrogens with zero attached hydrogens (tertiary/aromatic N) is 4. The lowest BCUT2D eigenvalue weighted by molar-refractivity contribution is 0.152. The molecule has 5 rings (SSSR count). The maximum absolute atomic E-state index is 13.2. The Bertz CT molecular complexity index is 1220. The van der Waals surface area contributed by atoms with Gasteiger partial charge < -0.3 is 9.64 Å². The highest BCUT2D eigenvalue weighted by Crippen LogP contribution is 2.27. The second kappa shape index (κ2) is 8.86. The predicted octanol–water partition coefficient (Wildman–Crippen LogP) is 2.82. The van der Waals surface area contributed by atoms with E-state index < -0.39 is 0 Å². The van der Waals surface area contributed by atoms with E-state index in [9.17, 15) is 14.0 Å². The van der Waals surface area contributed by atoms with E-state index in [4.69, 9.17) is 4.74 Å². The summed E-state index contributed by atoms with van der Waals surface area (Å²) >= 11 is 0. The number of likely N-dealkylation sites (tertiary alicyclic amines) is 1. The Balaban J connectivity index is 1.12. The molecule has 8 heteroatoms. The van der Waals surface area contributed by atoms with E-state index in [1.54, 1.807) is 27.3 Å². The first-order valence-corrected chi connectivity index (χ1v) is 11.3. The van der Waals surface area contributed by atoms with Gasteiger partial charge in [0, 0.05) is 25.2 Å². The molecular formula is C24H27FN4O3. The summed E-state index contributed by atoms with van der Waals surface area (Å²) in [6.07, 6.45) is 5.62. The van der Waals surface area contributed by atoms with Crippen molar-refractivity contribution in [3.8, 4) is 5.75 Å². The van der Waals surface area contributed by atoms with Crippen LogP contribution >= 0.6 is 0 Å². The third-order valence-corrected chi connectivity index (χ3v) is 6.67. The molecule has 0 spiro atoms. The van der Waals surface area contributed by atoms with Crippen molar-refractivity contribution in [2.24, 2.45) is 5.92 Å². The summed E-state index contributed by atoms with van der Waals surface area (Å²) in [7, 11) is 0. The number of ether oxygens (including phenoxy) is 1. The third kappa shape index (κ3) is 4.19. The van der Waals surface area contributed by atoms with Crippen LogP contribution in [0.4, 0.5) is 4.39 Å². The lowest BCUT2D eigenvalue weighted by atomic mass is 9.92. The summed E-state index contributed by atoms with van der Waals surface area (Å²) in [4.78, 5) is 31.4. The zero-order valence-electron chi connectivity index (χ0n) is 18.0. The molecule has 0 saturated carbocycles. The van der Waals surface area contributed by atoms with Crippen molar-refractivity contribution in [1.82, 2.24) is 19.0 Å². The van der Waals surface area contributed by atoms with Crippen LogP contribution in [0, 0.1) is 11.7 Å². The molecule has 1 atom stereocenters. The monoisotopic (exact) mass is 438 g/mol. The maximum atomic E-state index is 13.2. The van der Waals surface area contributed by atoms with Crippen LogP contribution in [-0.2, 0) is 6.54 Å². The summed E-state index contributed by atoms with van der Waals surface area (Å²) < 4.78 is 22.3. The van der Waals surface area contributed by atoms with E-state index in [-0.39, 0.29) is 23.0 Å². The second-order valence-electron chi connectivity index (χ2n) is 8.80. The van der Waals surface area contributed by atoms with E-state index in [1.165, 1.54) is 24.4 Å². The topological polar surface area (TPSA) is 69.4 Å². The van der Waals surface area contributed by atoms with Crippen molar-refractivity contribution in [1.29, 1.82) is 0 Å². The molecule has 1 fully saturated rings. The quantitative estimate of drug-likeness (QED) is 0.531. The SMILES string of the molecule is O=c1ccc2ncc(=O)n3c2n1CC3CN1CCC(CCCOc2cccc(F)c2)CC1. The van der Waals surface area contributed by atoms with Crippen LogP contribution in [0.2, 0.25) is 0 Å². The summed E-state index contributed by atoms with van der Waals surface area (Å²) in [6.45, 7) is 3.85. The van der Waals surface area contributed by atoms with E-state index in [0.29, 0.717) is 36.0 Å². The highest BCUT2D eigenvalue weighted by atomic mass is 19.1. The Morgan fingerprint density at radius 2 is 1.94 bits per heavy atom. The molecule has 2 aliphatic heterocycles. The van der Waals surface area contributed by atoms with Crippen molar-refractivity contribution < 1.29 is 9.13 Å². The fourth-order valence-electron chi connectivity index (χ4n) is 5.04. The molecule has 32 heavy (non-hydrogen) atoms. The summed E-state index contributed by atoms with van der Waals surface area (Å²) in [6, 6.07) is 9.43. The number of aromatic nitrogens is 3. The van der Waals surface area contributed by atoms with Gasteiger partial charge in [-0.05, 0) is 62.9 Å². The van der Waals surface area contributed by atoms with Gasteiger partial charge >= 0.3 is 0 Å². The third-order valence-electron chi connectivity index (χ3n) is 6.67. The minimum atomic E-state index is -0.278. The molecule has 2 aliphatic rings. The molecule has 0 radical (unpaired) electrons. The lowest BCUT2D eigenvalue weighted by Gasteiger charge is -2.33. The van der Waals surface area contributed by atoms with Crippen molar-refractivity contribution in [3.63, 3.8) is 0 Å². The van der Waals surface area contributed by atoms with Gasteiger partial charge in [0.05, 0.1) is 18.8 Å². The minimum absolute atomic E-state index is 0.0423. The van der Waals surface area contributed by atoms with Gasteiger partial charge in [0.2, 0.25) is 0 Å². The van der Waals surface area contributed by atoms with Crippen LogP contribution in [0.25, 0.3) is 11.2 Å². The molecular weight excluding hydrogens is 411 g/mol. The van der Waals surface area contributed by atoms with Crippen LogP contribution in [0.15, 0.2) is 52.2 Å². The van der Waals surface area contributed by atoms with Crippen LogP contribution in [0.5, 0.6) is 5.75 Å². The van der Waals surface area contributed by atoms with Gasteiger partial charge in [-0.3, -0.25) is 18.7 Å². The fraction of sp³-hybridized carbons (Fsp3) is 0.458. The van der Waals surface area contributed by atoms with E-state index in [1.807, 2.05) is 0 Å². The van der Waals surface area contributed by atoms with Crippen molar-refractivity contribution in [2.75, 3.05) is 26.2 Å². The Morgan fingerprint density at radius 1 is 1.09 bits per heavy atom. The molecule has 0 bridgehead atoms. The minimum Gasteiger partial charge on any atom is -0.493 e. The van der Waals surface area contributed by atoms with Gasteiger partial charge in [-0.25, -0.2) is 9.37 Å². The molecule has 0 aliphatic carbocycles. The van der Waals surface area contributed by atoms with Crippen LogP contribution in [0.1, 0.15) is 31.7 Å². The number of piperidine rings is 1. The Labute approximate surface area is 185 Å². The highest BCUT2D eigenvalue weighted by molar-refractivity contribution is 5.71. The zero-order chi connectivity index (χ0) is 22.1. The highest BCUT2D eigenvalue weighted by Gasteiger charge is 2.29. The van der Waals surface area contributed by atoms with Crippen molar-refractivity contribution >= 4 is 11.2 Å². The average Bonchev–Trinajstić information content (AvgIpc) is 3.18. The van der Waals surface area contributed by atoms with Gasteiger partial charge in [-0.2, -0.15) is 0 Å². The largest absolute Gasteiger partial charge is 0.493 e. The molecule has 1 aromatic carbocycles. The first kappa shape index (κ1) is 20.9. The average molecular weight is 439 g/mol. The number of hydrogen-bond donors (Lipinski definition) is 0. The molecule has 0 amide bonds. The number of hydrogen-bond acceptors (Lipinski definition) is 5. The smallest absolute Gasteiger partial charge is 0.270 e. The normalized spacial score (nSPS) is 19.0. The molecule has 0 N–H and O–H groups in total. The predicted molar refractivity (Wildman–Crippen MR) is 120 cm³/mol. The lowest BCUT2D eigenvalue weighted by Crippen LogP contribution is -2.39. The van der Waals surface area contributed by atoms with Gasteiger partial charge in [0.15, 0.2) is 0 Å². The van der Waals surface area contributed by atoms with Gasteiger partial charge in [-0.1, -0.05) is 6.07 Å². The fourth-order valence-corrected chi connectivity index (χ4v) is 5.04. The Hall–Kier alpha value is -3.00. The Morgan fingerprint density at radius 3 is 2.75 bits per heavy atom. The summed E-state index contributed by atoms with van der Waals surface area (Å²) in [5.41, 5.74) is 1.10. The first-order chi connectivity index (χ1) is 15.6. The summed E-state index contributed by atoms with van der Waals surface area (Å²) in [5.74, 6) is 0.956. The van der Waals surface area contributed by atoms with Crippen molar-refractivity contribution in [3.05, 3.63) is 69.1 Å². The molecule has 4 heterocycles. The van der Waals surface area contributed by atoms with E-state index in [2.05, 4.69) is 9.88 Å². The molecule has 7 nitrogen and oxygen atoms in total. The number of rotatable bonds is 7. The Kier molecular flexibility index (Phi) is 5.78. The number of benzene rings is 1. The number of pyridine rings is 1. The zero-order valence-corrected chi connectivity index (χ0v) is 18.0. The first-order valence-electron chi connectivity index (χ1n) is 11.3. The van der Waals surface area contributed by atoms with Crippen molar-refractivity contribution in [2.45, 2.75) is 38.3 Å². The van der Waals surface area contributed by atoms with Crippen LogP contribution in [-0.4, -0.2) is 45.3 Å². The maximum Gasteiger partial charge on any atom is 0.270 e. The molecule has 1 saturated heterocycles. The second-order valence-corrected chi connectivity index (χ2v) is 8.80. The standard InChI is InChI=1S/C24H27FN4O3/c25-18-4-1-5-20(13-18)32-12-2-3-17-8-10-27(11-9-17)15-19-16-28-22(30)7-6-21-24(28)29(19)23(31)14-26-21/h1,4-7,13-14,17,19H,2-3,8-12,15-16H2. The molecule has 168 valence electrons. The summed E-state index contributed by atoms with van der Waals surface area (Å²) in [5, 5.41) is 0. The molecule has 3 aromatic rings. The number of halogens is 1. The van der Waals surface area contributed by atoms with E-state index in [0.717, 1.165) is 45.3 Å². The van der Waals surface area contributed by atoms with Crippen LogP contribution < -0.4 is 15.9 Å². The van der Waals surface area contributed by atoms with Gasteiger partial charge in [-0.15, -0.1) is 0 Å².